The fourth-order valence-corrected chi connectivity index (χ4v) is 1.69. The second-order valence-electron chi connectivity index (χ2n) is 4.12. The van der Waals surface area contributed by atoms with Gasteiger partial charge in [0.25, 0.3) is 0 Å². The van der Waals surface area contributed by atoms with Gasteiger partial charge in [-0.2, -0.15) is 0 Å². The monoisotopic (exact) mass is 206 g/mol. The minimum atomic E-state index is -0.350. The van der Waals surface area contributed by atoms with Crippen LogP contribution in [0.25, 0.3) is 0 Å². The number of rotatable bonds is 2. The molecule has 0 aliphatic heterocycles. The van der Waals surface area contributed by atoms with Gasteiger partial charge in [0.1, 0.15) is 0 Å². The fourth-order valence-electron chi connectivity index (χ4n) is 1.06. The Bertz CT molecular complexity index is 160. The lowest BCUT2D eigenvalue weighted by Crippen LogP contribution is -2.35. The highest BCUT2D eigenvalue weighted by Gasteiger charge is 2.29. The van der Waals surface area contributed by atoms with Crippen LogP contribution in [-0.4, -0.2) is 21.7 Å². The first-order valence-electron chi connectivity index (χ1n) is 4.06. The molecule has 0 spiro atoms. The van der Waals surface area contributed by atoms with Gasteiger partial charge in [0.2, 0.25) is 0 Å². The number of hydrogen-bond acceptors (Lipinski definition) is 3. The van der Waals surface area contributed by atoms with Crippen molar-refractivity contribution in [2.45, 2.75) is 33.8 Å². The highest BCUT2D eigenvalue weighted by molar-refractivity contribution is 8.22. The van der Waals surface area contributed by atoms with E-state index in [2.05, 4.69) is 0 Å². The van der Waals surface area contributed by atoms with E-state index in [1.165, 1.54) is 0 Å². The zero-order chi connectivity index (χ0) is 9.94. The SMILES string of the molecule is CSC(=S)[C@@H](C)[C@H](O)C(C)(C)C. The van der Waals surface area contributed by atoms with Crippen molar-refractivity contribution in [1.82, 2.24) is 0 Å². The molecular weight excluding hydrogens is 188 g/mol. The summed E-state index contributed by atoms with van der Waals surface area (Å²) in [6.45, 7) is 8.06. The van der Waals surface area contributed by atoms with E-state index >= 15 is 0 Å². The molecule has 12 heavy (non-hydrogen) atoms. The number of hydrogen-bond donors (Lipinski definition) is 1. The Kier molecular flexibility index (Phi) is 4.74. The molecule has 0 unspecified atom stereocenters. The first-order chi connectivity index (χ1) is 5.30. The molecule has 0 radical (unpaired) electrons. The quantitative estimate of drug-likeness (QED) is 0.702. The van der Waals surface area contributed by atoms with E-state index in [9.17, 15) is 5.11 Å². The number of aliphatic hydroxyl groups excluding tert-OH is 1. The third kappa shape index (κ3) is 3.42. The minimum Gasteiger partial charge on any atom is -0.392 e. The smallest absolute Gasteiger partial charge is 0.0667 e. The minimum absolute atomic E-state index is 0.0841. The van der Waals surface area contributed by atoms with Crippen molar-refractivity contribution in [1.29, 1.82) is 0 Å². The normalized spacial score (nSPS) is 17.2. The van der Waals surface area contributed by atoms with Gasteiger partial charge < -0.3 is 5.11 Å². The molecule has 0 saturated heterocycles. The van der Waals surface area contributed by atoms with E-state index in [1.807, 2.05) is 34.0 Å². The van der Waals surface area contributed by atoms with Gasteiger partial charge in [0.05, 0.1) is 10.3 Å². The maximum atomic E-state index is 9.85. The van der Waals surface area contributed by atoms with Crippen LogP contribution in [0.4, 0.5) is 0 Å². The Balaban J connectivity index is 4.29. The molecule has 0 aromatic rings. The van der Waals surface area contributed by atoms with Crippen molar-refractivity contribution >= 4 is 28.2 Å². The van der Waals surface area contributed by atoms with Crippen LogP contribution in [0.1, 0.15) is 27.7 Å². The molecule has 1 N–H and O–H groups in total. The maximum Gasteiger partial charge on any atom is 0.0667 e. The van der Waals surface area contributed by atoms with E-state index in [0.717, 1.165) is 4.20 Å². The standard InChI is InChI=1S/C9H18OS2/c1-6(8(11)12-5)7(10)9(2,3)4/h6-7,10H,1-5H3/t6-,7-/m0/s1. The van der Waals surface area contributed by atoms with Gasteiger partial charge in [0, 0.05) is 5.92 Å². The third-order valence-corrected chi connectivity index (χ3v) is 3.58. The molecule has 0 saturated carbocycles. The summed E-state index contributed by atoms with van der Waals surface area (Å²) in [6.07, 6.45) is 1.60. The largest absolute Gasteiger partial charge is 0.392 e. The Morgan fingerprint density at radius 2 is 1.83 bits per heavy atom. The van der Waals surface area contributed by atoms with Crippen LogP contribution >= 0.6 is 24.0 Å². The van der Waals surface area contributed by atoms with Crippen molar-refractivity contribution < 1.29 is 5.11 Å². The second kappa shape index (κ2) is 4.58. The summed E-state index contributed by atoms with van der Waals surface area (Å²) in [5, 5.41) is 9.85. The average molecular weight is 206 g/mol. The summed E-state index contributed by atoms with van der Waals surface area (Å²) in [5.74, 6) is 0.0926. The number of aliphatic hydroxyl groups is 1. The molecule has 72 valence electrons. The first-order valence-corrected chi connectivity index (χ1v) is 5.70. The van der Waals surface area contributed by atoms with Crippen LogP contribution in [0.15, 0.2) is 0 Å². The molecular formula is C9H18OS2. The fraction of sp³-hybridized carbons (Fsp3) is 0.889. The van der Waals surface area contributed by atoms with Gasteiger partial charge in [0.15, 0.2) is 0 Å². The maximum absolute atomic E-state index is 9.85. The molecule has 0 aliphatic rings. The lowest BCUT2D eigenvalue weighted by molar-refractivity contribution is 0.0412. The number of thioether (sulfide) groups is 1. The molecule has 0 amide bonds. The summed E-state index contributed by atoms with van der Waals surface area (Å²) in [7, 11) is 0. The Morgan fingerprint density at radius 1 is 1.42 bits per heavy atom. The summed E-state index contributed by atoms with van der Waals surface area (Å²) < 4.78 is 0.887. The lowest BCUT2D eigenvalue weighted by atomic mass is 9.83. The van der Waals surface area contributed by atoms with E-state index < -0.39 is 0 Å². The van der Waals surface area contributed by atoms with Crippen molar-refractivity contribution in [2.24, 2.45) is 11.3 Å². The van der Waals surface area contributed by atoms with E-state index in [-0.39, 0.29) is 17.4 Å². The average Bonchev–Trinajstić information content (AvgIpc) is 1.98. The molecule has 0 fully saturated rings. The predicted octanol–water partition coefficient (Wildman–Crippen LogP) is 2.72. The van der Waals surface area contributed by atoms with Gasteiger partial charge in [-0.3, -0.25) is 0 Å². The summed E-state index contributed by atoms with van der Waals surface area (Å²) >= 11 is 6.67. The van der Waals surface area contributed by atoms with Crippen molar-refractivity contribution in [2.75, 3.05) is 6.26 Å². The topological polar surface area (TPSA) is 20.2 Å². The van der Waals surface area contributed by atoms with Crippen LogP contribution in [0.3, 0.4) is 0 Å². The van der Waals surface area contributed by atoms with Crippen molar-refractivity contribution in [3.8, 4) is 0 Å². The molecule has 0 bridgehead atoms. The Hall–Kier alpha value is 0.400. The Labute approximate surface area is 84.9 Å². The molecule has 2 atom stereocenters. The van der Waals surface area contributed by atoms with Gasteiger partial charge in [-0.15, -0.1) is 11.8 Å². The van der Waals surface area contributed by atoms with Crippen molar-refractivity contribution in [3.05, 3.63) is 0 Å². The van der Waals surface area contributed by atoms with Crippen LogP contribution in [0.2, 0.25) is 0 Å². The highest BCUT2D eigenvalue weighted by atomic mass is 32.2. The zero-order valence-electron chi connectivity index (χ0n) is 8.42. The molecule has 3 heteroatoms. The van der Waals surface area contributed by atoms with Gasteiger partial charge in [-0.1, -0.05) is 39.9 Å². The van der Waals surface area contributed by atoms with Crippen molar-refractivity contribution in [3.63, 3.8) is 0 Å². The van der Waals surface area contributed by atoms with Crippen LogP contribution in [-0.2, 0) is 0 Å². The van der Waals surface area contributed by atoms with E-state index in [4.69, 9.17) is 12.2 Å². The first kappa shape index (κ1) is 12.4. The van der Waals surface area contributed by atoms with Gasteiger partial charge in [-0.05, 0) is 11.7 Å². The lowest BCUT2D eigenvalue weighted by Gasteiger charge is -2.30. The predicted molar refractivity (Wildman–Crippen MR) is 60.7 cm³/mol. The highest BCUT2D eigenvalue weighted by Crippen LogP contribution is 2.28. The molecule has 0 rings (SSSR count). The van der Waals surface area contributed by atoms with Gasteiger partial charge >= 0.3 is 0 Å². The van der Waals surface area contributed by atoms with Crippen LogP contribution in [0, 0.1) is 11.3 Å². The molecule has 0 heterocycles. The molecule has 0 aromatic carbocycles. The third-order valence-electron chi connectivity index (χ3n) is 1.93. The van der Waals surface area contributed by atoms with Gasteiger partial charge in [-0.25, -0.2) is 0 Å². The zero-order valence-corrected chi connectivity index (χ0v) is 10.1. The van der Waals surface area contributed by atoms with Crippen LogP contribution < -0.4 is 0 Å². The molecule has 0 aromatic heterocycles. The molecule has 1 nitrogen and oxygen atoms in total. The summed E-state index contributed by atoms with van der Waals surface area (Å²) in [6, 6.07) is 0. The van der Waals surface area contributed by atoms with E-state index in [1.54, 1.807) is 11.8 Å². The molecule has 0 aliphatic carbocycles. The Morgan fingerprint density at radius 3 is 2.08 bits per heavy atom. The van der Waals surface area contributed by atoms with Crippen LogP contribution in [0.5, 0.6) is 0 Å². The summed E-state index contributed by atoms with van der Waals surface area (Å²) in [4.78, 5) is 0. The number of thiocarbonyl (C=S) groups is 1. The second-order valence-corrected chi connectivity index (χ2v) is 5.67. The summed E-state index contributed by atoms with van der Waals surface area (Å²) in [5.41, 5.74) is -0.0841. The van der Waals surface area contributed by atoms with E-state index in [0.29, 0.717) is 0 Å².